The van der Waals surface area contributed by atoms with Crippen molar-refractivity contribution in [2.24, 2.45) is 5.73 Å². The van der Waals surface area contributed by atoms with Crippen LogP contribution in [0, 0.1) is 0 Å². The van der Waals surface area contributed by atoms with E-state index in [0.29, 0.717) is 5.82 Å². The summed E-state index contributed by atoms with van der Waals surface area (Å²) >= 11 is 0. The van der Waals surface area contributed by atoms with Gasteiger partial charge in [-0.15, -0.1) is 10.2 Å². The monoisotopic (exact) mass is 181 g/mol. The third-order valence-corrected chi connectivity index (χ3v) is 2.25. The minimum Gasteiger partial charge on any atom is -0.319 e. The molecule has 0 atom stereocenters. The number of hydrogen-bond donors (Lipinski definition) is 1. The van der Waals surface area contributed by atoms with Crippen molar-refractivity contribution in [1.29, 1.82) is 0 Å². The Morgan fingerprint density at radius 1 is 1.38 bits per heavy atom. The van der Waals surface area contributed by atoms with E-state index in [9.17, 15) is 0 Å². The van der Waals surface area contributed by atoms with Gasteiger partial charge < -0.3 is 5.73 Å². The Balaban J connectivity index is 2.29. The van der Waals surface area contributed by atoms with Gasteiger partial charge in [0.2, 0.25) is 0 Å². The highest BCUT2D eigenvalue weighted by molar-refractivity contribution is 5.11. The van der Waals surface area contributed by atoms with Crippen molar-refractivity contribution >= 4 is 0 Å². The number of nitrogens with zero attached hydrogens (tertiary/aromatic N) is 4. The van der Waals surface area contributed by atoms with Crippen LogP contribution in [0.1, 0.15) is 39.4 Å². The van der Waals surface area contributed by atoms with E-state index in [-0.39, 0.29) is 11.1 Å². The zero-order valence-electron chi connectivity index (χ0n) is 8.28. The van der Waals surface area contributed by atoms with Crippen LogP contribution in [0.25, 0.3) is 0 Å². The van der Waals surface area contributed by atoms with Crippen LogP contribution >= 0.6 is 0 Å². The Labute approximate surface area is 77.3 Å². The normalized spacial score (nSPS) is 20.3. The minimum atomic E-state index is -0.274. The smallest absolute Gasteiger partial charge is 0.194 e. The molecule has 1 aromatic rings. The molecule has 1 fully saturated rings. The van der Waals surface area contributed by atoms with E-state index in [1.165, 1.54) is 0 Å². The fourth-order valence-corrected chi connectivity index (χ4v) is 1.06. The summed E-state index contributed by atoms with van der Waals surface area (Å²) in [4.78, 5) is 1.62. The maximum atomic E-state index is 5.95. The van der Waals surface area contributed by atoms with Crippen LogP contribution in [0.3, 0.4) is 0 Å². The summed E-state index contributed by atoms with van der Waals surface area (Å²) in [6.45, 7) is 6.11. The maximum absolute atomic E-state index is 5.95. The number of aromatic nitrogens is 4. The van der Waals surface area contributed by atoms with Crippen molar-refractivity contribution in [3.63, 3.8) is 0 Å². The van der Waals surface area contributed by atoms with Gasteiger partial charge in [0, 0.05) is 0 Å². The Kier molecular flexibility index (Phi) is 1.52. The first-order chi connectivity index (χ1) is 5.92. The highest BCUT2D eigenvalue weighted by atomic mass is 15.6. The predicted octanol–water partition coefficient (Wildman–Crippen LogP) is 0.376. The molecular formula is C8H15N5. The molecule has 0 aromatic carbocycles. The number of tetrazole rings is 1. The van der Waals surface area contributed by atoms with Crippen molar-refractivity contribution < 1.29 is 0 Å². The Morgan fingerprint density at radius 3 is 2.38 bits per heavy atom. The van der Waals surface area contributed by atoms with Crippen molar-refractivity contribution in [2.75, 3.05) is 0 Å². The molecule has 0 saturated heterocycles. The minimum absolute atomic E-state index is 0.115. The second kappa shape index (κ2) is 2.29. The second-order valence-corrected chi connectivity index (χ2v) is 4.73. The van der Waals surface area contributed by atoms with Gasteiger partial charge in [0.05, 0.1) is 11.1 Å². The average Bonchev–Trinajstić information content (AvgIpc) is 2.60. The molecule has 1 aliphatic rings. The van der Waals surface area contributed by atoms with Crippen LogP contribution in [-0.2, 0) is 11.1 Å². The van der Waals surface area contributed by atoms with Crippen molar-refractivity contribution in [1.82, 2.24) is 20.2 Å². The molecule has 1 aliphatic carbocycles. The molecule has 72 valence electrons. The lowest BCUT2D eigenvalue weighted by Gasteiger charge is -2.15. The van der Waals surface area contributed by atoms with Crippen molar-refractivity contribution in [2.45, 2.75) is 44.7 Å². The highest BCUT2D eigenvalue weighted by Gasteiger charge is 2.44. The first kappa shape index (κ1) is 8.62. The molecule has 1 aromatic heterocycles. The van der Waals surface area contributed by atoms with Gasteiger partial charge in [-0.25, -0.2) is 0 Å². The lowest BCUT2D eigenvalue weighted by Crippen LogP contribution is -2.26. The standard InChI is InChI=1S/C8H15N5/c1-7(2,3)13-11-6(10-12-13)8(9)4-5-8/h4-5,9H2,1-3H3. The number of nitrogens with two attached hydrogens (primary N) is 1. The summed E-state index contributed by atoms with van der Waals surface area (Å²) in [6, 6.07) is 0. The molecule has 0 spiro atoms. The molecule has 1 heterocycles. The molecule has 2 rings (SSSR count). The zero-order chi connectivity index (χ0) is 9.69. The molecule has 0 radical (unpaired) electrons. The van der Waals surface area contributed by atoms with E-state index >= 15 is 0 Å². The maximum Gasteiger partial charge on any atom is 0.194 e. The van der Waals surface area contributed by atoms with E-state index in [1.807, 2.05) is 20.8 Å². The van der Waals surface area contributed by atoms with Gasteiger partial charge in [0.1, 0.15) is 0 Å². The third-order valence-electron chi connectivity index (χ3n) is 2.25. The largest absolute Gasteiger partial charge is 0.319 e. The topological polar surface area (TPSA) is 69.6 Å². The Hall–Kier alpha value is -0.970. The molecule has 2 N–H and O–H groups in total. The molecule has 1 saturated carbocycles. The number of hydrogen-bond acceptors (Lipinski definition) is 4. The lowest BCUT2D eigenvalue weighted by atomic mass is 10.1. The van der Waals surface area contributed by atoms with E-state index in [4.69, 9.17) is 5.73 Å². The Morgan fingerprint density at radius 2 is 2.00 bits per heavy atom. The Bertz CT molecular complexity index is 298. The molecule has 0 bridgehead atoms. The van der Waals surface area contributed by atoms with Gasteiger partial charge in [-0.1, -0.05) is 0 Å². The van der Waals surface area contributed by atoms with Crippen molar-refractivity contribution in [3.8, 4) is 0 Å². The summed E-state index contributed by atoms with van der Waals surface area (Å²) in [5.41, 5.74) is 5.56. The average molecular weight is 181 g/mol. The van der Waals surface area contributed by atoms with Crippen LogP contribution in [0.5, 0.6) is 0 Å². The van der Waals surface area contributed by atoms with Gasteiger partial charge in [-0.05, 0) is 38.8 Å². The first-order valence-corrected chi connectivity index (χ1v) is 4.52. The van der Waals surface area contributed by atoms with Gasteiger partial charge in [0.15, 0.2) is 5.82 Å². The van der Waals surface area contributed by atoms with Crippen LogP contribution in [0.2, 0.25) is 0 Å². The van der Waals surface area contributed by atoms with E-state index in [2.05, 4.69) is 15.4 Å². The van der Waals surface area contributed by atoms with Crippen LogP contribution in [0.15, 0.2) is 0 Å². The zero-order valence-corrected chi connectivity index (χ0v) is 8.28. The fraction of sp³-hybridized carbons (Fsp3) is 0.875. The van der Waals surface area contributed by atoms with Crippen molar-refractivity contribution in [3.05, 3.63) is 5.82 Å². The molecule has 5 nitrogen and oxygen atoms in total. The molecule has 0 aliphatic heterocycles. The van der Waals surface area contributed by atoms with Gasteiger partial charge in [-0.3, -0.25) is 0 Å². The predicted molar refractivity (Wildman–Crippen MR) is 47.9 cm³/mol. The summed E-state index contributed by atoms with van der Waals surface area (Å²) < 4.78 is 0. The highest BCUT2D eigenvalue weighted by Crippen LogP contribution is 2.40. The SMILES string of the molecule is CC(C)(C)n1nnc(C2(N)CC2)n1. The molecule has 0 amide bonds. The summed E-state index contributed by atoms with van der Waals surface area (Å²) in [5, 5.41) is 12.2. The lowest BCUT2D eigenvalue weighted by molar-refractivity contribution is 0.304. The first-order valence-electron chi connectivity index (χ1n) is 4.52. The quantitative estimate of drug-likeness (QED) is 0.679. The summed E-state index contributed by atoms with van der Waals surface area (Å²) in [7, 11) is 0. The number of rotatable bonds is 1. The van der Waals surface area contributed by atoms with Gasteiger partial charge >= 0.3 is 0 Å². The van der Waals surface area contributed by atoms with Crippen LogP contribution < -0.4 is 5.73 Å². The fourth-order valence-electron chi connectivity index (χ4n) is 1.06. The van der Waals surface area contributed by atoms with Gasteiger partial charge in [0.25, 0.3) is 0 Å². The second-order valence-electron chi connectivity index (χ2n) is 4.73. The molecule has 0 unspecified atom stereocenters. The van der Waals surface area contributed by atoms with E-state index in [0.717, 1.165) is 12.8 Å². The molecule has 13 heavy (non-hydrogen) atoms. The summed E-state index contributed by atoms with van der Waals surface area (Å²) in [5.74, 6) is 0.683. The molecular weight excluding hydrogens is 166 g/mol. The van der Waals surface area contributed by atoms with Crippen LogP contribution in [-0.4, -0.2) is 20.2 Å². The van der Waals surface area contributed by atoms with E-state index < -0.39 is 0 Å². The van der Waals surface area contributed by atoms with E-state index in [1.54, 1.807) is 4.80 Å². The van der Waals surface area contributed by atoms with Gasteiger partial charge in [-0.2, -0.15) is 4.80 Å². The molecule has 5 heteroatoms. The third kappa shape index (κ3) is 1.44. The summed E-state index contributed by atoms with van der Waals surface area (Å²) in [6.07, 6.45) is 1.95. The van der Waals surface area contributed by atoms with Crippen LogP contribution in [0.4, 0.5) is 0 Å².